The fourth-order valence-corrected chi connectivity index (χ4v) is 2.30. The van der Waals surface area contributed by atoms with Crippen LogP contribution in [0.15, 0.2) is 42.5 Å². The van der Waals surface area contributed by atoms with Gasteiger partial charge in [0.25, 0.3) is 0 Å². The van der Waals surface area contributed by atoms with Gasteiger partial charge in [-0.05, 0) is 42.8 Å². The number of halogens is 2. The molecule has 0 saturated carbocycles. The smallest absolute Gasteiger partial charge is 0.0595 e. The lowest BCUT2D eigenvalue weighted by Crippen LogP contribution is -2.10. The van der Waals surface area contributed by atoms with Crippen LogP contribution in [0.2, 0.25) is 10.0 Å². The third-order valence-electron chi connectivity index (χ3n) is 3.19. The maximum absolute atomic E-state index is 6.06. The van der Waals surface area contributed by atoms with Crippen LogP contribution in [-0.2, 0) is 0 Å². The van der Waals surface area contributed by atoms with Crippen molar-refractivity contribution in [2.45, 2.75) is 13.0 Å². The predicted molar refractivity (Wildman–Crippen MR) is 89.3 cm³/mol. The predicted octanol–water partition coefficient (Wildman–Crippen LogP) is 5.23. The molecule has 2 aromatic rings. The molecule has 0 heterocycles. The van der Waals surface area contributed by atoms with Gasteiger partial charge in [-0.25, -0.2) is 0 Å². The first-order valence-corrected chi connectivity index (χ1v) is 7.22. The Bertz CT molecular complexity index is 597. The molecule has 0 fully saturated rings. The van der Waals surface area contributed by atoms with Crippen LogP contribution in [0.4, 0.5) is 11.4 Å². The van der Waals surface area contributed by atoms with Gasteiger partial charge in [-0.3, -0.25) is 0 Å². The first kappa shape index (κ1) is 15.0. The molecule has 2 nitrogen and oxygen atoms in total. The normalized spacial score (nSPS) is 12.1. The zero-order valence-corrected chi connectivity index (χ0v) is 13.3. The lowest BCUT2D eigenvalue weighted by molar-refractivity contribution is 0.884. The number of hydrogen-bond donors (Lipinski definition) is 1. The van der Waals surface area contributed by atoms with Gasteiger partial charge >= 0.3 is 0 Å². The number of anilines is 2. The molecular weight excluding hydrogens is 291 g/mol. The third kappa shape index (κ3) is 3.59. The molecule has 20 heavy (non-hydrogen) atoms. The summed E-state index contributed by atoms with van der Waals surface area (Å²) in [6.07, 6.45) is 0. The Kier molecular flexibility index (Phi) is 4.79. The number of nitrogens with one attached hydrogen (secondary N) is 1. The second kappa shape index (κ2) is 6.38. The van der Waals surface area contributed by atoms with E-state index in [2.05, 4.69) is 35.3 Å². The molecule has 0 amide bonds. The Hall–Kier alpha value is -1.38. The third-order valence-corrected chi connectivity index (χ3v) is 3.93. The highest BCUT2D eigenvalue weighted by Crippen LogP contribution is 2.28. The summed E-state index contributed by atoms with van der Waals surface area (Å²) in [6, 6.07) is 14.2. The summed E-state index contributed by atoms with van der Waals surface area (Å²) in [5.41, 5.74) is 3.35. The molecule has 1 unspecified atom stereocenters. The molecule has 2 rings (SSSR count). The van der Waals surface area contributed by atoms with Crippen LogP contribution in [0.1, 0.15) is 18.5 Å². The number of rotatable bonds is 4. The van der Waals surface area contributed by atoms with Crippen LogP contribution in [0.5, 0.6) is 0 Å². The summed E-state index contributed by atoms with van der Waals surface area (Å²) < 4.78 is 0. The van der Waals surface area contributed by atoms with Crippen LogP contribution in [0.3, 0.4) is 0 Å². The van der Waals surface area contributed by atoms with Crippen LogP contribution >= 0.6 is 23.2 Å². The van der Waals surface area contributed by atoms with E-state index in [1.807, 2.05) is 38.4 Å². The fourth-order valence-electron chi connectivity index (χ4n) is 1.99. The first-order chi connectivity index (χ1) is 9.47. The summed E-state index contributed by atoms with van der Waals surface area (Å²) in [4.78, 5) is 2.08. The van der Waals surface area contributed by atoms with Gasteiger partial charge in [0.15, 0.2) is 0 Å². The van der Waals surface area contributed by atoms with Gasteiger partial charge in [-0.2, -0.15) is 0 Å². The van der Waals surface area contributed by atoms with Gasteiger partial charge in [-0.15, -0.1) is 0 Å². The number of benzene rings is 2. The first-order valence-electron chi connectivity index (χ1n) is 6.46. The summed E-state index contributed by atoms with van der Waals surface area (Å²) in [6.45, 7) is 2.10. The second-order valence-electron chi connectivity index (χ2n) is 4.98. The molecule has 0 aliphatic heterocycles. The van der Waals surface area contributed by atoms with E-state index in [9.17, 15) is 0 Å². The van der Waals surface area contributed by atoms with Gasteiger partial charge in [-0.1, -0.05) is 35.3 Å². The lowest BCUT2D eigenvalue weighted by Gasteiger charge is -2.19. The summed E-state index contributed by atoms with van der Waals surface area (Å²) >= 11 is 12.0. The molecule has 1 N–H and O–H groups in total. The van der Waals surface area contributed by atoms with Gasteiger partial charge < -0.3 is 10.2 Å². The summed E-state index contributed by atoms with van der Waals surface area (Å²) in [5, 5.41) is 4.64. The van der Waals surface area contributed by atoms with Gasteiger partial charge in [0.1, 0.15) is 0 Å². The quantitative estimate of drug-likeness (QED) is 0.831. The molecule has 0 saturated heterocycles. The van der Waals surface area contributed by atoms with Crippen molar-refractivity contribution in [2.75, 3.05) is 24.3 Å². The second-order valence-corrected chi connectivity index (χ2v) is 5.80. The highest BCUT2D eigenvalue weighted by Gasteiger charge is 2.08. The van der Waals surface area contributed by atoms with E-state index >= 15 is 0 Å². The molecule has 0 bridgehead atoms. The SMILES string of the molecule is CC(Nc1cccc(N(C)C)c1)c1ccc(Cl)c(Cl)c1. The average molecular weight is 309 g/mol. The molecule has 1 atom stereocenters. The van der Waals surface area contributed by atoms with Crippen molar-refractivity contribution in [3.8, 4) is 0 Å². The van der Waals surface area contributed by atoms with Crippen molar-refractivity contribution in [3.63, 3.8) is 0 Å². The monoisotopic (exact) mass is 308 g/mol. The molecule has 0 spiro atoms. The Morgan fingerprint density at radius 1 is 1.00 bits per heavy atom. The molecule has 2 aromatic carbocycles. The molecule has 0 radical (unpaired) electrons. The minimum Gasteiger partial charge on any atom is -0.378 e. The standard InChI is InChI=1S/C16H18Cl2N2/c1-11(12-7-8-15(17)16(18)9-12)19-13-5-4-6-14(10-13)20(2)3/h4-11,19H,1-3H3. The van der Waals surface area contributed by atoms with Crippen molar-refractivity contribution >= 4 is 34.6 Å². The van der Waals surface area contributed by atoms with Crippen LogP contribution in [0, 0.1) is 0 Å². The Morgan fingerprint density at radius 3 is 2.40 bits per heavy atom. The van der Waals surface area contributed by atoms with Crippen molar-refractivity contribution in [1.82, 2.24) is 0 Å². The Morgan fingerprint density at radius 2 is 1.75 bits per heavy atom. The van der Waals surface area contributed by atoms with Gasteiger partial charge in [0, 0.05) is 31.5 Å². The molecule has 0 aromatic heterocycles. The Balaban J connectivity index is 2.16. The molecule has 0 aliphatic carbocycles. The fraction of sp³-hybridized carbons (Fsp3) is 0.250. The van der Waals surface area contributed by atoms with Crippen LogP contribution in [-0.4, -0.2) is 14.1 Å². The van der Waals surface area contributed by atoms with Gasteiger partial charge in [0.05, 0.1) is 10.0 Å². The minimum absolute atomic E-state index is 0.155. The van der Waals surface area contributed by atoms with E-state index in [0.717, 1.165) is 16.9 Å². The highest BCUT2D eigenvalue weighted by atomic mass is 35.5. The molecule has 106 valence electrons. The van der Waals surface area contributed by atoms with E-state index in [1.54, 1.807) is 0 Å². The maximum atomic E-state index is 6.06. The van der Waals surface area contributed by atoms with E-state index in [0.29, 0.717) is 10.0 Å². The summed E-state index contributed by atoms with van der Waals surface area (Å²) in [5.74, 6) is 0. The zero-order chi connectivity index (χ0) is 14.7. The average Bonchev–Trinajstić information content (AvgIpc) is 2.42. The van der Waals surface area contributed by atoms with Gasteiger partial charge in [0.2, 0.25) is 0 Å². The maximum Gasteiger partial charge on any atom is 0.0595 e. The number of hydrogen-bond acceptors (Lipinski definition) is 2. The molecular formula is C16H18Cl2N2. The molecule has 4 heteroatoms. The molecule has 0 aliphatic rings. The largest absolute Gasteiger partial charge is 0.378 e. The van der Waals surface area contributed by atoms with Crippen molar-refractivity contribution in [3.05, 3.63) is 58.1 Å². The van der Waals surface area contributed by atoms with Crippen LogP contribution in [0.25, 0.3) is 0 Å². The Labute approximate surface area is 130 Å². The lowest BCUT2D eigenvalue weighted by atomic mass is 10.1. The zero-order valence-electron chi connectivity index (χ0n) is 11.8. The number of nitrogens with zero attached hydrogens (tertiary/aromatic N) is 1. The van der Waals surface area contributed by atoms with Crippen molar-refractivity contribution in [1.29, 1.82) is 0 Å². The van der Waals surface area contributed by atoms with E-state index in [1.165, 1.54) is 0 Å². The highest BCUT2D eigenvalue weighted by molar-refractivity contribution is 6.42. The van der Waals surface area contributed by atoms with Crippen LogP contribution < -0.4 is 10.2 Å². The topological polar surface area (TPSA) is 15.3 Å². The van der Waals surface area contributed by atoms with E-state index in [-0.39, 0.29) is 6.04 Å². The van der Waals surface area contributed by atoms with E-state index < -0.39 is 0 Å². The van der Waals surface area contributed by atoms with Crippen molar-refractivity contribution in [2.24, 2.45) is 0 Å². The van der Waals surface area contributed by atoms with Crippen molar-refractivity contribution < 1.29 is 0 Å². The minimum atomic E-state index is 0.155. The summed E-state index contributed by atoms with van der Waals surface area (Å²) in [7, 11) is 4.06. The van der Waals surface area contributed by atoms with E-state index in [4.69, 9.17) is 23.2 Å².